The summed E-state index contributed by atoms with van der Waals surface area (Å²) >= 11 is 0. The van der Waals surface area contributed by atoms with E-state index in [1.165, 1.54) is 14.7 Å². The van der Waals surface area contributed by atoms with Crippen molar-refractivity contribution in [1.82, 2.24) is 40.0 Å². The molecular formula is C42H50F2N10O8. The van der Waals surface area contributed by atoms with E-state index in [1.54, 1.807) is 67.3 Å². The van der Waals surface area contributed by atoms with E-state index in [1.807, 2.05) is 18.2 Å². The maximum Gasteiger partial charge on any atom is 0.363 e. The van der Waals surface area contributed by atoms with E-state index in [2.05, 4.69) is 20.8 Å². The lowest BCUT2D eigenvalue weighted by atomic mass is 9.87. The Hall–Kier alpha value is -6.02. The highest BCUT2D eigenvalue weighted by atomic mass is 19.1. The van der Waals surface area contributed by atoms with Gasteiger partial charge in [-0.05, 0) is 75.5 Å². The van der Waals surface area contributed by atoms with Gasteiger partial charge in [0.15, 0.2) is 11.6 Å². The second-order valence-electron chi connectivity index (χ2n) is 17.4. The number of aryl methyl sites for hydroxylation is 2. The molecule has 0 saturated carbocycles. The summed E-state index contributed by atoms with van der Waals surface area (Å²) in [6.45, 7) is 5.38. The number of amides is 6. The lowest BCUT2D eigenvalue weighted by Crippen LogP contribution is -2.53. The van der Waals surface area contributed by atoms with Gasteiger partial charge < -0.3 is 9.47 Å². The molecule has 0 radical (unpaired) electrons. The molecule has 4 aliphatic rings. The van der Waals surface area contributed by atoms with E-state index < -0.39 is 60.0 Å². The Labute approximate surface area is 355 Å². The zero-order valence-corrected chi connectivity index (χ0v) is 35.2. The molecule has 4 saturated heterocycles. The topological polar surface area (TPSA) is 194 Å². The van der Waals surface area contributed by atoms with Crippen LogP contribution in [0, 0.1) is 0 Å². The van der Waals surface area contributed by atoms with Gasteiger partial charge in [-0.3, -0.25) is 54.0 Å². The lowest BCUT2D eigenvalue weighted by Gasteiger charge is -2.39. The van der Waals surface area contributed by atoms with Crippen molar-refractivity contribution < 1.29 is 47.0 Å². The second-order valence-corrected chi connectivity index (χ2v) is 17.4. The number of carbonyl (C=O) groups excluding carboxylic acids is 6. The number of halogens is 2. The van der Waals surface area contributed by atoms with E-state index in [0.29, 0.717) is 52.0 Å². The van der Waals surface area contributed by atoms with Crippen molar-refractivity contribution in [2.45, 2.75) is 82.5 Å². The number of urea groups is 2. The van der Waals surface area contributed by atoms with Gasteiger partial charge >= 0.3 is 24.0 Å². The maximum atomic E-state index is 16.2. The number of esters is 2. The number of piperidine rings is 2. The number of benzene rings is 2. The fourth-order valence-corrected chi connectivity index (χ4v) is 8.87. The van der Waals surface area contributed by atoms with Gasteiger partial charge in [0.1, 0.15) is 17.9 Å². The highest BCUT2D eigenvalue weighted by Gasteiger charge is 2.41. The number of hydrogen-bond donors (Lipinski definition) is 2. The Bertz CT molecular complexity index is 2470. The number of ether oxygens (including phenoxy) is 2. The Balaban J connectivity index is 0.908. The van der Waals surface area contributed by atoms with Crippen molar-refractivity contribution in [3.8, 4) is 0 Å². The quantitative estimate of drug-likeness (QED) is 0.233. The predicted molar refractivity (Wildman–Crippen MR) is 221 cm³/mol. The zero-order chi connectivity index (χ0) is 44.2. The van der Waals surface area contributed by atoms with E-state index in [0.717, 1.165) is 5.56 Å². The minimum absolute atomic E-state index is 0.0706. The number of aromatic nitrogens is 4. The number of nitrogens with zero attached hydrogens (tertiary/aromatic N) is 8. The second kappa shape index (κ2) is 16.7. The van der Waals surface area contributed by atoms with Gasteiger partial charge in [-0.1, -0.05) is 12.1 Å². The normalized spacial score (nSPS) is 23.7. The number of rotatable bonds is 9. The fraction of sp³-hybridized carbons (Fsp3) is 0.524. The van der Waals surface area contributed by atoms with Gasteiger partial charge in [-0.25, -0.2) is 23.2 Å². The fourth-order valence-electron chi connectivity index (χ4n) is 8.87. The van der Waals surface area contributed by atoms with Crippen LogP contribution in [0.4, 0.5) is 30.0 Å². The van der Waals surface area contributed by atoms with E-state index >= 15 is 8.78 Å². The largest absolute Gasteiger partial charge is 0.456 e. The Kier molecular flexibility index (Phi) is 11.5. The van der Waals surface area contributed by atoms with Crippen molar-refractivity contribution in [2.75, 3.05) is 55.6 Å². The number of imide groups is 2. The zero-order valence-electron chi connectivity index (χ0n) is 35.2. The number of likely N-dealkylation sites (tertiary alicyclic amines) is 2. The van der Waals surface area contributed by atoms with Crippen molar-refractivity contribution in [3.63, 3.8) is 0 Å². The molecule has 0 bridgehead atoms. The molecule has 0 aliphatic carbocycles. The van der Waals surface area contributed by atoms with Crippen LogP contribution in [0.5, 0.6) is 0 Å². The Morgan fingerprint density at radius 2 is 1.26 bits per heavy atom. The molecule has 2 aromatic carbocycles. The number of anilines is 2. The average Bonchev–Trinajstić information content (AvgIpc) is 3.70. The molecule has 4 aliphatic heterocycles. The van der Waals surface area contributed by atoms with Gasteiger partial charge in [0.2, 0.25) is 11.8 Å². The van der Waals surface area contributed by atoms with Crippen LogP contribution in [0.15, 0.2) is 36.4 Å². The molecule has 6 amide bonds. The number of nitrogens with one attached hydrogen (secondary N) is 2. The van der Waals surface area contributed by atoms with Crippen LogP contribution in [0.25, 0.3) is 21.8 Å². The molecule has 2 aromatic heterocycles. The van der Waals surface area contributed by atoms with Crippen LogP contribution in [0.3, 0.4) is 0 Å². The first-order valence-corrected chi connectivity index (χ1v) is 20.8. The summed E-state index contributed by atoms with van der Waals surface area (Å²) < 4.78 is 46.8. The Morgan fingerprint density at radius 1 is 0.758 bits per heavy atom. The highest BCUT2D eigenvalue weighted by Crippen LogP contribution is 2.37. The van der Waals surface area contributed by atoms with Crippen LogP contribution in [0.1, 0.15) is 69.4 Å². The summed E-state index contributed by atoms with van der Waals surface area (Å²) in [4.78, 5) is 81.4. The molecule has 5 atom stereocenters. The number of carbonyl (C=O) groups is 6. The van der Waals surface area contributed by atoms with Crippen molar-refractivity contribution in [2.24, 2.45) is 14.1 Å². The molecule has 62 heavy (non-hydrogen) atoms. The summed E-state index contributed by atoms with van der Waals surface area (Å²) in [5.74, 6) is -2.57. The minimum Gasteiger partial charge on any atom is -0.456 e. The standard InChI is InChI=1S/C42H50F2N10O8/c1-42(2,3)62-39(58)38(52-15-11-26(30(44)21-52)24-7-9-28-32(19-24)50(5)48-37(28)54-17-13-34(56)46-41(54)60)61-35(57)22-51-14-10-25(29(43)20-51)23-6-8-27-31(18-23)49(4)47-36(27)53-16-12-33(55)45-40(53)59/h6-9,18-19,25-26,29-30,38H,10-17,20-22H2,1-5H3,(H,45,55,59)(H,46,56,60). The SMILES string of the molecule is Cn1nc(N2CCC(=O)NC2=O)c2ccc(C3CCN(CC(=O)OC(C(=O)OC(C)(C)C)N4CCC(c5ccc6c(N7CCC(=O)NC7=O)nn(C)c6c5)C(F)C4)CC3F)cc21. The molecule has 330 valence electrons. The minimum atomic E-state index is -1.53. The van der Waals surface area contributed by atoms with Crippen molar-refractivity contribution in [1.29, 1.82) is 0 Å². The van der Waals surface area contributed by atoms with Crippen LogP contribution in [0.2, 0.25) is 0 Å². The molecule has 20 heteroatoms. The van der Waals surface area contributed by atoms with Gasteiger partial charge in [-0.15, -0.1) is 0 Å². The number of alkyl halides is 2. The summed E-state index contributed by atoms with van der Waals surface area (Å²) in [6.07, 6.45) is -3.38. The smallest absolute Gasteiger partial charge is 0.363 e. The van der Waals surface area contributed by atoms with Crippen LogP contribution < -0.4 is 20.4 Å². The summed E-state index contributed by atoms with van der Waals surface area (Å²) in [6, 6.07) is 9.75. The van der Waals surface area contributed by atoms with E-state index in [-0.39, 0.29) is 70.3 Å². The number of hydrogen-bond acceptors (Lipinski definition) is 12. The van der Waals surface area contributed by atoms with Gasteiger partial charge in [0.25, 0.3) is 6.23 Å². The van der Waals surface area contributed by atoms with Crippen LogP contribution >= 0.6 is 0 Å². The third-order valence-electron chi connectivity index (χ3n) is 11.9. The van der Waals surface area contributed by atoms with Gasteiger partial charge in [0, 0.05) is 82.3 Å². The van der Waals surface area contributed by atoms with E-state index in [4.69, 9.17) is 9.47 Å². The average molecular weight is 861 g/mol. The molecule has 5 unspecified atom stereocenters. The molecule has 0 spiro atoms. The molecule has 4 fully saturated rings. The lowest BCUT2D eigenvalue weighted by molar-refractivity contribution is -0.192. The summed E-state index contributed by atoms with van der Waals surface area (Å²) in [5, 5.41) is 15.0. The molecule has 18 nitrogen and oxygen atoms in total. The predicted octanol–water partition coefficient (Wildman–Crippen LogP) is 3.52. The third kappa shape index (κ3) is 8.57. The first kappa shape index (κ1) is 42.7. The third-order valence-corrected chi connectivity index (χ3v) is 11.9. The molecule has 8 rings (SSSR count). The van der Waals surface area contributed by atoms with Gasteiger partial charge in [-0.2, -0.15) is 10.2 Å². The molecule has 2 N–H and O–H groups in total. The summed E-state index contributed by atoms with van der Waals surface area (Å²) in [7, 11) is 3.45. The monoisotopic (exact) mass is 860 g/mol. The van der Waals surface area contributed by atoms with Crippen molar-refractivity contribution in [3.05, 3.63) is 47.5 Å². The molecular weight excluding hydrogens is 811 g/mol. The van der Waals surface area contributed by atoms with Crippen LogP contribution in [-0.4, -0.2) is 135 Å². The Morgan fingerprint density at radius 3 is 1.73 bits per heavy atom. The maximum absolute atomic E-state index is 16.2. The number of fused-ring (bicyclic) bond motifs is 2. The first-order valence-electron chi connectivity index (χ1n) is 20.8. The molecule has 6 heterocycles. The van der Waals surface area contributed by atoms with E-state index in [9.17, 15) is 28.8 Å². The molecule has 4 aromatic rings. The van der Waals surface area contributed by atoms with Crippen molar-refractivity contribution >= 4 is 69.3 Å². The van der Waals surface area contributed by atoms with Crippen LogP contribution in [-0.2, 0) is 42.7 Å². The summed E-state index contributed by atoms with van der Waals surface area (Å²) in [5.41, 5.74) is 1.88. The van der Waals surface area contributed by atoms with Gasteiger partial charge in [0.05, 0.1) is 17.6 Å². The highest BCUT2D eigenvalue weighted by molar-refractivity contribution is 6.10. The first-order chi connectivity index (χ1) is 29.4.